The Morgan fingerprint density at radius 1 is 1.50 bits per heavy atom. The maximum atomic E-state index is 11.5. The van der Waals surface area contributed by atoms with Crippen LogP contribution in [0.3, 0.4) is 0 Å². The maximum Gasteiger partial charge on any atom is 0.161 e. The number of allylic oxidation sites excluding steroid dienone is 1. The van der Waals surface area contributed by atoms with Gasteiger partial charge >= 0.3 is 0 Å². The van der Waals surface area contributed by atoms with Gasteiger partial charge in [-0.2, -0.15) is 0 Å². The maximum absolute atomic E-state index is 11.5. The molecule has 1 atom stereocenters. The Bertz CT molecular complexity index is 435. The van der Waals surface area contributed by atoms with E-state index in [9.17, 15) is 9.90 Å². The molecule has 0 aliphatic heterocycles. The second-order valence-electron chi connectivity index (χ2n) is 3.91. The number of Topliss-reactive ketones (excluding diaryl/α,β-unsaturated/α-hetero) is 1. The van der Waals surface area contributed by atoms with Crippen molar-refractivity contribution in [2.75, 3.05) is 7.11 Å². The zero-order valence-electron chi connectivity index (χ0n) is 9.14. The molecule has 1 N–H and O–H groups in total. The van der Waals surface area contributed by atoms with Crippen LogP contribution in [0.15, 0.2) is 35.9 Å². The van der Waals surface area contributed by atoms with Crippen molar-refractivity contribution in [3.8, 4) is 5.75 Å². The summed E-state index contributed by atoms with van der Waals surface area (Å²) in [5.41, 5.74) is 1.72. The number of aliphatic hydroxyl groups excluding tert-OH is 1. The van der Waals surface area contributed by atoms with Crippen LogP contribution < -0.4 is 4.74 Å². The van der Waals surface area contributed by atoms with E-state index in [0.29, 0.717) is 12.0 Å². The van der Waals surface area contributed by atoms with Gasteiger partial charge in [0.25, 0.3) is 0 Å². The molecule has 0 aromatic heterocycles. The van der Waals surface area contributed by atoms with E-state index in [1.54, 1.807) is 13.2 Å². The molecule has 3 heteroatoms. The van der Waals surface area contributed by atoms with Crippen LogP contribution in [0.4, 0.5) is 0 Å². The normalized spacial score (nSPS) is 19.8. The zero-order chi connectivity index (χ0) is 11.5. The van der Waals surface area contributed by atoms with Crippen molar-refractivity contribution in [1.29, 1.82) is 0 Å². The number of ether oxygens (including phenoxy) is 1. The quantitative estimate of drug-likeness (QED) is 0.836. The highest BCUT2D eigenvalue weighted by molar-refractivity contribution is 5.98. The fourth-order valence-corrected chi connectivity index (χ4v) is 1.86. The summed E-state index contributed by atoms with van der Waals surface area (Å²) in [6, 6.07) is 7.61. The van der Waals surface area contributed by atoms with E-state index < -0.39 is 6.10 Å². The lowest BCUT2D eigenvalue weighted by molar-refractivity contribution is -0.115. The van der Waals surface area contributed by atoms with E-state index in [-0.39, 0.29) is 12.2 Å². The predicted molar refractivity (Wildman–Crippen MR) is 60.4 cm³/mol. The number of carbonyl (C=O) groups excluding carboxylic acids is 1. The van der Waals surface area contributed by atoms with Crippen LogP contribution in [0.5, 0.6) is 5.75 Å². The molecule has 1 aromatic rings. The summed E-state index contributed by atoms with van der Waals surface area (Å²) in [5, 5.41) is 9.33. The average Bonchev–Trinajstić information content (AvgIpc) is 2.58. The first kappa shape index (κ1) is 10.9. The Morgan fingerprint density at radius 2 is 2.31 bits per heavy atom. The molecule has 0 bridgehead atoms. The van der Waals surface area contributed by atoms with Gasteiger partial charge in [-0.25, -0.2) is 0 Å². The fraction of sp³-hybridized carbons (Fsp3) is 0.308. The van der Waals surface area contributed by atoms with Crippen LogP contribution in [0.2, 0.25) is 0 Å². The molecular weight excluding hydrogens is 204 g/mol. The predicted octanol–water partition coefficient (Wildman–Crippen LogP) is 1.50. The number of benzene rings is 1. The first-order valence-electron chi connectivity index (χ1n) is 5.24. The summed E-state index contributed by atoms with van der Waals surface area (Å²) in [6.45, 7) is 0. The number of hydrogen-bond acceptors (Lipinski definition) is 3. The summed E-state index contributed by atoms with van der Waals surface area (Å²) >= 11 is 0. The van der Waals surface area contributed by atoms with Gasteiger partial charge in [0.1, 0.15) is 5.75 Å². The number of carbonyl (C=O) groups is 1. The first-order valence-corrected chi connectivity index (χ1v) is 5.24. The molecule has 0 radical (unpaired) electrons. The smallest absolute Gasteiger partial charge is 0.161 e. The number of ketones is 1. The molecule has 1 aliphatic carbocycles. The van der Waals surface area contributed by atoms with E-state index in [4.69, 9.17) is 4.74 Å². The third-order valence-corrected chi connectivity index (χ3v) is 2.67. The van der Waals surface area contributed by atoms with E-state index in [1.807, 2.05) is 24.3 Å². The SMILES string of the molecule is COc1cccc(CC2=C[C@@H](O)CC2=O)c1. The number of rotatable bonds is 3. The molecule has 0 fully saturated rings. The van der Waals surface area contributed by atoms with Crippen LogP contribution in [-0.4, -0.2) is 24.1 Å². The minimum Gasteiger partial charge on any atom is -0.497 e. The minimum atomic E-state index is -0.604. The average molecular weight is 218 g/mol. The lowest BCUT2D eigenvalue weighted by atomic mass is 10.0. The molecule has 0 saturated heterocycles. The Kier molecular flexibility index (Phi) is 3.06. The third kappa shape index (κ3) is 2.31. The highest BCUT2D eigenvalue weighted by Crippen LogP contribution is 2.21. The van der Waals surface area contributed by atoms with Crippen LogP contribution in [0.1, 0.15) is 12.0 Å². The lowest BCUT2D eigenvalue weighted by Gasteiger charge is -2.04. The molecule has 3 nitrogen and oxygen atoms in total. The van der Waals surface area contributed by atoms with E-state index in [1.165, 1.54) is 0 Å². The lowest BCUT2D eigenvalue weighted by Crippen LogP contribution is -2.02. The van der Waals surface area contributed by atoms with Gasteiger partial charge in [0.05, 0.1) is 13.2 Å². The molecule has 16 heavy (non-hydrogen) atoms. The molecule has 2 rings (SSSR count). The van der Waals surface area contributed by atoms with Gasteiger partial charge in [-0.1, -0.05) is 12.1 Å². The summed E-state index contributed by atoms with van der Waals surface area (Å²) in [4.78, 5) is 11.5. The third-order valence-electron chi connectivity index (χ3n) is 2.67. The van der Waals surface area contributed by atoms with E-state index in [0.717, 1.165) is 11.3 Å². The Labute approximate surface area is 94.4 Å². The van der Waals surface area contributed by atoms with Crippen molar-refractivity contribution >= 4 is 5.78 Å². The monoisotopic (exact) mass is 218 g/mol. The summed E-state index contributed by atoms with van der Waals surface area (Å²) in [7, 11) is 1.61. The highest BCUT2D eigenvalue weighted by Gasteiger charge is 2.21. The van der Waals surface area contributed by atoms with Gasteiger partial charge in [-0.05, 0) is 29.3 Å². The summed E-state index contributed by atoms with van der Waals surface area (Å²) < 4.78 is 5.11. The van der Waals surface area contributed by atoms with Crippen LogP contribution >= 0.6 is 0 Å². The molecule has 84 valence electrons. The van der Waals surface area contributed by atoms with Gasteiger partial charge in [0, 0.05) is 12.8 Å². The standard InChI is InChI=1S/C13H14O3/c1-16-12-4-2-3-9(6-12)5-10-7-11(14)8-13(10)15/h2-4,6-7,11,14H,5,8H2,1H3/t11-/m1/s1. The summed E-state index contributed by atoms with van der Waals surface area (Å²) in [5.74, 6) is 0.819. The molecule has 0 unspecified atom stereocenters. The van der Waals surface area contributed by atoms with E-state index >= 15 is 0 Å². The molecule has 0 amide bonds. The van der Waals surface area contributed by atoms with Crippen LogP contribution in [0, 0.1) is 0 Å². The van der Waals surface area contributed by atoms with Gasteiger partial charge in [0.15, 0.2) is 5.78 Å². The van der Waals surface area contributed by atoms with Crippen LogP contribution in [0.25, 0.3) is 0 Å². The Balaban J connectivity index is 2.15. The number of hydrogen-bond donors (Lipinski definition) is 1. The van der Waals surface area contributed by atoms with Crippen LogP contribution in [-0.2, 0) is 11.2 Å². The van der Waals surface area contributed by atoms with Gasteiger partial charge in [-0.15, -0.1) is 0 Å². The molecule has 0 spiro atoms. The highest BCUT2D eigenvalue weighted by atomic mass is 16.5. The number of methoxy groups -OCH3 is 1. The molecule has 0 heterocycles. The van der Waals surface area contributed by atoms with Crippen molar-refractivity contribution < 1.29 is 14.6 Å². The van der Waals surface area contributed by atoms with E-state index in [2.05, 4.69) is 0 Å². The van der Waals surface area contributed by atoms with Gasteiger partial charge in [0.2, 0.25) is 0 Å². The van der Waals surface area contributed by atoms with Crippen molar-refractivity contribution in [2.45, 2.75) is 18.9 Å². The molecule has 1 aliphatic rings. The van der Waals surface area contributed by atoms with Crippen molar-refractivity contribution in [2.24, 2.45) is 0 Å². The second kappa shape index (κ2) is 4.49. The Morgan fingerprint density at radius 3 is 2.94 bits per heavy atom. The summed E-state index contributed by atoms with van der Waals surface area (Å²) in [6.07, 6.45) is 1.82. The largest absolute Gasteiger partial charge is 0.497 e. The fourth-order valence-electron chi connectivity index (χ4n) is 1.86. The van der Waals surface area contributed by atoms with Crippen molar-refractivity contribution in [3.63, 3.8) is 0 Å². The zero-order valence-corrected chi connectivity index (χ0v) is 9.14. The molecular formula is C13H14O3. The topological polar surface area (TPSA) is 46.5 Å². The van der Waals surface area contributed by atoms with Crippen molar-refractivity contribution in [1.82, 2.24) is 0 Å². The molecule has 1 aromatic carbocycles. The second-order valence-corrected chi connectivity index (χ2v) is 3.91. The number of aliphatic hydroxyl groups is 1. The van der Waals surface area contributed by atoms with Gasteiger partial charge < -0.3 is 9.84 Å². The molecule has 0 saturated carbocycles. The van der Waals surface area contributed by atoms with Gasteiger partial charge in [-0.3, -0.25) is 4.79 Å². The van der Waals surface area contributed by atoms with Crippen molar-refractivity contribution in [3.05, 3.63) is 41.5 Å². The minimum absolute atomic E-state index is 0.0373. The first-order chi connectivity index (χ1) is 7.69. The Hall–Kier alpha value is -1.61.